The van der Waals surface area contributed by atoms with Crippen LogP contribution in [0.25, 0.3) is 0 Å². The van der Waals surface area contributed by atoms with Gasteiger partial charge >= 0.3 is 5.97 Å². The smallest absolute Gasteiger partial charge is 0.306 e. The number of hydrogen-bond acceptors (Lipinski definition) is 4. The molecule has 0 amide bonds. The summed E-state index contributed by atoms with van der Waals surface area (Å²) in [5.41, 5.74) is 1.02. The van der Waals surface area contributed by atoms with Gasteiger partial charge in [0.1, 0.15) is 0 Å². The summed E-state index contributed by atoms with van der Waals surface area (Å²) >= 11 is 8.03. The molecule has 0 aromatic carbocycles. The van der Waals surface area contributed by atoms with Crippen LogP contribution in [-0.4, -0.2) is 23.3 Å². The average molecular weight is 370 g/mol. The Hall–Kier alpha value is -0.740. The van der Waals surface area contributed by atoms with Crippen molar-refractivity contribution in [2.75, 3.05) is 12.4 Å². The summed E-state index contributed by atoms with van der Waals surface area (Å²) in [6.07, 6.45) is 11.8. The Morgan fingerprint density at radius 1 is 1.29 bits per heavy atom. The Morgan fingerprint density at radius 2 is 2.04 bits per heavy atom. The Morgan fingerprint density at radius 3 is 2.79 bits per heavy atom. The van der Waals surface area contributed by atoms with Crippen LogP contribution in [0.5, 0.6) is 0 Å². The van der Waals surface area contributed by atoms with E-state index < -0.39 is 0 Å². The first kappa shape index (κ1) is 19.6. The molecule has 1 saturated carbocycles. The highest BCUT2D eigenvalue weighted by molar-refractivity contribution is 7.99. The fourth-order valence-electron chi connectivity index (χ4n) is 2.58. The minimum atomic E-state index is -0.108. The molecule has 0 unspecified atom stereocenters. The van der Waals surface area contributed by atoms with Gasteiger partial charge in [-0.25, -0.2) is 0 Å². The Kier molecular flexibility index (Phi) is 8.97. The third-order valence-corrected chi connectivity index (χ3v) is 5.74. The number of nitrogens with zero attached hydrogens (tertiary/aromatic N) is 1. The molecule has 0 bridgehead atoms. The van der Waals surface area contributed by atoms with E-state index in [1.807, 2.05) is 12.3 Å². The molecular formula is C19H28ClNO2S. The van der Waals surface area contributed by atoms with E-state index in [9.17, 15) is 4.79 Å². The van der Waals surface area contributed by atoms with Crippen LogP contribution in [0, 0.1) is 0 Å². The SMILES string of the molecule is CCCCCCCCOC(=O)CCSc1ccnc(C2CC2)c1Cl. The van der Waals surface area contributed by atoms with Crippen LogP contribution in [0.4, 0.5) is 0 Å². The fourth-order valence-corrected chi connectivity index (χ4v) is 3.89. The number of halogens is 1. The van der Waals surface area contributed by atoms with Gasteiger partial charge in [-0.1, -0.05) is 50.6 Å². The topological polar surface area (TPSA) is 39.2 Å². The molecule has 134 valence electrons. The minimum absolute atomic E-state index is 0.108. The van der Waals surface area contributed by atoms with E-state index in [1.165, 1.54) is 38.5 Å². The summed E-state index contributed by atoms with van der Waals surface area (Å²) in [5.74, 6) is 1.13. The molecule has 3 nitrogen and oxygen atoms in total. The third-order valence-electron chi connectivity index (χ3n) is 4.17. The largest absolute Gasteiger partial charge is 0.466 e. The lowest BCUT2D eigenvalue weighted by Gasteiger charge is -2.08. The molecule has 0 radical (unpaired) electrons. The maximum absolute atomic E-state index is 11.8. The first-order valence-electron chi connectivity index (χ1n) is 9.15. The molecule has 1 aromatic rings. The van der Waals surface area contributed by atoms with Gasteiger partial charge in [0.2, 0.25) is 0 Å². The zero-order valence-electron chi connectivity index (χ0n) is 14.6. The van der Waals surface area contributed by atoms with Gasteiger partial charge in [0.25, 0.3) is 0 Å². The molecular weight excluding hydrogens is 342 g/mol. The molecule has 0 spiro atoms. The molecule has 0 N–H and O–H groups in total. The van der Waals surface area contributed by atoms with E-state index in [4.69, 9.17) is 16.3 Å². The standard InChI is InChI=1S/C19H28ClNO2S/c1-2-3-4-5-6-7-13-23-17(22)11-14-24-16-10-12-21-19(18(16)20)15-8-9-15/h10,12,15H,2-9,11,13-14H2,1H3. The van der Waals surface area contributed by atoms with Crippen molar-refractivity contribution in [3.8, 4) is 0 Å². The second-order valence-corrected chi connectivity index (χ2v) is 7.88. The molecule has 1 aromatic heterocycles. The molecule has 1 aliphatic carbocycles. The van der Waals surface area contributed by atoms with E-state index in [0.717, 1.165) is 28.5 Å². The van der Waals surface area contributed by atoms with E-state index in [2.05, 4.69) is 11.9 Å². The van der Waals surface area contributed by atoms with Crippen molar-refractivity contribution >= 4 is 29.3 Å². The highest BCUT2D eigenvalue weighted by atomic mass is 35.5. The van der Waals surface area contributed by atoms with E-state index in [0.29, 0.717) is 24.7 Å². The number of ether oxygens (including phenoxy) is 1. The highest BCUT2D eigenvalue weighted by Gasteiger charge is 2.28. The maximum Gasteiger partial charge on any atom is 0.306 e. The molecule has 0 atom stereocenters. The lowest BCUT2D eigenvalue weighted by Crippen LogP contribution is -2.06. The van der Waals surface area contributed by atoms with Gasteiger partial charge in [-0.15, -0.1) is 11.8 Å². The van der Waals surface area contributed by atoms with Crippen LogP contribution < -0.4 is 0 Å². The molecule has 0 saturated heterocycles. The third kappa shape index (κ3) is 7.02. The van der Waals surface area contributed by atoms with E-state index in [-0.39, 0.29) is 5.97 Å². The average Bonchev–Trinajstić information content (AvgIpc) is 3.40. The van der Waals surface area contributed by atoms with Gasteiger partial charge in [-0.05, 0) is 25.3 Å². The second kappa shape index (κ2) is 11.0. The Balaban J connectivity index is 1.57. The minimum Gasteiger partial charge on any atom is -0.466 e. The molecule has 0 aliphatic heterocycles. The number of esters is 1. The van der Waals surface area contributed by atoms with Crippen LogP contribution in [-0.2, 0) is 9.53 Å². The molecule has 1 aliphatic rings. The van der Waals surface area contributed by atoms with Crippen LogP contribution in [0.15, 0.2) is 17.2 Å². The number of aromatic nitrogens is 1. The summed E-state index contributed by atoms with van der Waals surface area (Å²) in [6.45, 7) is 2.77. The van der Waals surface area contributed by atoms with Gasteiger partial charge in [0.05, 0.1) is 23.7 Å². The Bertz CT molecular complexity index is 520. The predicted octanol–water partition coefficient (Wildman–Crippen LogP) is 6.00. The van der Waals surface area contributed by atoms with Gasteiger partial charge in [-0.2, -0.15) is 0 Å². The summed E-state index contributed by atoms with van der Waals surface area (Å²) in [5, 5.41) is 0.769. The number of unbranched alkanes of at least 4 members (excludes halogenated alkanes) is 5. The van der Waals surface area contributed by atoms with Crippen molar-refractivity contribution in [2.45, 2.75) is 75.5 Å². The van der Waals surface area contributed by atoms with E-state index in [1.54, 1.807) is 11.8 Å². The maximum atomic E-state index is 11.8. The lowest BCUT2D eigenvalue weighted by atomic mass is 10.1. The molecule has 1 heterocycles. The van der Waals surface area contributed by atoms with Crippen molar-refractivity contribution in [1.29, 1.82) is 0 Å². The van der Waals surface area contributed by atoms with Crippen molar-refractivity contribution in [2.24, 2.45) is 0 Å². The Labute approximate surface area is 154 Å². The summed E-state index contributed by atoms with van der Waals surface area (Å²) in [7, 11) is 0. The van der Waals surface area contributed by atoms with Crippen LogP contribution in [0.2, 0.25) is 5.02 Å². The van der Waals surface area contributed by atoms with Gasteiger partial charge in [0, 0.05) is 22.8 Å². The summed E-state index contributed by atoms with van der Waals surface area (Å²) < 4.78 is 5.29. The van der Waals surface area contributed by atoms with E-state index >= 15 is 0 Å². The number of hydrogen-bond donors (Lipinski definition) is 0. The normalized spacial score (nSPS) is 13.9. The molecule has 24 heavy (non-hydrogen) atoms. The number of pyridine rings is 1. The monoisotopic (exact) mass is 369 g/mol. The number of carbonyl (C=O) groups is 1. The van der Waals surface area contributed by atoms with Crippen molar-refractivity contribution < 1.29 is 9.53 Å². The van der Waals surface area contributed by atoms with Crippen molar-refractivity contribution in [3.63, 3.8) is 0 Å². The molecule has 5 heteroatoms. The first-order valence-corrected chi connectivity index (χ1v) is 10.5. The summed E-state index contributed by atoms with van der Waals surface area (Å²) in [6, 6.07) is 1.93. The zero-order valence-corrected chi connectivity index (χ0v) is 16.1. The number of rotatable bonds is 12. The predicted molar refractivity (Wildman–Crippen MR) is 101 cm³/mol. The van der Waals surface area contributed by atoms with Crippen molar-refractivity contribution in [1.82, 2.24) is 4.98 Å². The van der Waals surface area contributed by atoms with Crippen LogP contribution >= 0.6 is 23.4 Å². The molecule has 1 fully saturated rings. The van der Waals surface area contributed by atoms with Crippen LogP contribution in [0.3, 0.4) is 0 Å². The van der Waals surface area contributed by atoms with Crippen LogP contribution in [0.1, 0.15) is 76.3 Å². The number of thioether (sulfide) groups is 1. The van der Waals surface area contributed by atoms with Gasteiger partial charge < -0.3 is 4.74 Å². The highest BCUT2D eigenvalue weighted by Crippen LogP contribution is 2.44. The molecule has 2 rings (SSSR count). The second-order valence-electron chi connectivity index (χ2n) is 6.37. The summed E-state index contributed by atoms with van der Waals surface area (Å²) in [4.78, 5) is 17.2. The first-order chi connectivity index (χ1) is 11.7. The fraction of sp³-hybridized carbons (Fsp3) is 0.684. The van der Waals surface area contributed by atoms with Gasteiger partial charge in [0.15, 0.2) is 0 Å². The zero-order chi connectivity index (χ0) is 17.2. The van der Waals surface area contributed by atoms with Crippen molar-refractivity contribution in [3.05, 3.63) is 23.0 Å². The lowest BCUT2D eigenvalue weighted by molar-refractivity contribution is -0.143. The number of carbonyl (C=O) groups excluding carboxylic acids is 1. The van der Waals surface area contributed by atoms with Gasteiger partial charge in [-0.3, -0.25) is 9.78 Å². The quantitative estimate of drug-likeness (QED) is 0.257.